The first kappa shape index (κ1) is 25.4. The summed E-state index contributed by atoms with van der Waals surface area (Å²) in [5, 5.41) is 15.5. The van der Waals surface area contributed by atoms with Gasteiger partial charge in [0, 0.05) is 36.4 Å². The number of carbonyl (C=O) groups excluding carboxylic acids is 3. The van der Waals surface area contributed by atoms with Crippen LogP contribution in [0.1, 0.15) is 27.2 Å². The second-order valence-corrected chi connectivity index (χ2v) is 8.93. The molecule has 0 bridgehead atoms. The van der Waals surface area contributed by atoms with Gasteiger partial charge in [0.15, 0.2) is 0 Å². The molecular formula is C21H29ClN4O6. The van der Waals surface area contributed by atoms with Gasteiger partial charge in [-0.1, -0.05) is 11.6 Å². The Hall–Kier alpha value is -2.85. The van der Waals surface area contributed by atoms with E-state index in [4.69, 9.17) is 16.3 Å². The highest BCUT2D eigenvalue weighted by atomic mass is 35.5. The standard InChI is InChI=1S/C21H29ClN4O6/c1-21(2,3)26(20(30)31)16-11-25(17(27)12-32-4)10-9-15(16)24-19(29)18(28)23-14-7-5-13(22)6-8-14/h5-8,15-16H,9-12H2,1-4H3,(H,23,28)(H,24,29)(H,30,31)/t15-,16+/m0/s1. The number of ether oxygens (including phenoxy) is 1. The number of benzene rings is 1. The van der Waals surface area contributed by atoms with E-state index in [2.05, 4.69) is 10.6 Å². The first-order chi connectivity index (χ1) is 14.9. The highest BCUT2D eigenvalue weighted by Crippen LogP contribution is 2.25. The number of carboxylic acid groups (broad SMARTS) is 1. The normalized spacial score (nSPS) is 18.6. The molecule has 1 aromatic rings. The van der Waals surface area contributed by atoms with Crippen LogP contribution in [0.25, 0.3) is 0 Å². The molecule has 0 aliphatic carbocycles. The minimum atomic E-state index is -1.19. The van der Waals surface area contributed by atoms with Crippen molar-refractivity contribution < 1.29 is 29.0 Å². The van der Waals surface area contributed by atoms with E-state index in [1.165, 1.54) is 16.9 Å². The molecule has 1 fully saturated rings. The molecular weight excluding hydrogens is 440 g/mol. The van der Waals surface area contributed by atoms with Gasteiger partial charge in [-0.25, -0.2) is 4.79 Å². The van der Waals surface area contributed by atoms with E-state index in [1.807, 2.05) is 0 Å². The molecule has 3 N–H and O–H groups in total. The molecule has 2 atom stereocenters. The van der Waals surface area contributed by atoms with Crippen molar-refractivity contribution in [3.63, 3.8) is 0 Å². The van der Waals surface area contributed by atoms with Crippen LogP contribution in [0.15, 0.2) is 24.3 Å². The van der Waals surface area contributed by atoms with Crippen LogP contribution in [0.3, 0.4) is 0 Å². The number of hydrogen-bond donors (Lipinski definition) is 3. The van der Waals surface area contributed by atoms with Gasteiger partial charge in [-0.2, -0.15) is 0 Å². The Bertz CT molecular complexity index is 855. The van der Waals surface area contributed by atoms with E-state index in [0.717, 1.165) is 0 Å². The van der Waals surface area contributed by atoms with Crippen LogP contribution in [0.4, 0.5) is 10.5 Å². The van der Waals surface area contributed by atoms with Crippen LogP contribution >= 0.6 is 11.6 Å². The molecule has 1 saturated heterocycles. The lowest BCUT2D eigenvalue weighted by Gasteiger charge is -2.47. The molecule has 11 heteroatoms. The van der Waals surface area contributed by atoms with Crippen LogP contribution in [-0.4, -0.2) is 83.1 Å². The third-order valence-electron chi connectivity index (χ3n) is 5.09. The molecule has 4 amide bonds. The van der Waals surface area contributed by atoms with Gasteiger partial charge in [0.05, 0.1) is 12.1 Å². The van der Waals surface area contributed by atoms with Crippen LogP contribution in [0.5, 0.6) is 0 Å². The van der Waals surface area contributed by atoms with E-state index < -0.39 is 35.5 Å². The van der Waals surface area contributed by atoms with Gasteiger partial charge >= 0.3 is 17.9 Å². The molecule has 176 valence electrons. The molecule has 1 aliphatic rings. The Morgan fingerprint density at radius 3 is 2.34 bits per heavy atom. The summed E-state index contributed by atoms with van der Waals surface area (Å²) in [5.41, 5.74) is -0.411. The summed E-state index contributed by atoms with van der Waals surface area (Å²) in [7, 11) is 1.40. The van der Waals surface area contributed by atoms with Crippen molar-refractivity contribution >= 4 is 41.1 Å². The number of carbonyl (C=O) groups is 4. The van der Waals surface area contributed by atoms with Crippen LogP contribution < -0.4 is 10.6 Å². The van der Waals surface area contributed by atoms with Crippen molar-refractivity contribution in [2.24, 2.45) is 0 Å². The predicted octanol–water partition coefficient (Wildman–Crippen LogP) is 1.79. The number of nitrogens with zero attached hydrogens (tertiary/aromatic N) is 2. The van der Waals surface area contributed by atoms with Crippen molar-refractivity contribution in [3.8, 4) is 0 Å². The number of halogens is 1. The Morgan fingerprint density at radius 2 is 1.81 bits per heavy atom. The molecule has 1 aliphatic heterocycles. The molecule has 0 aromatic heterocycles. The maximum absolute atomic E-state index is 12.6. The molecule has 2 rings (SSSR count). The van der Waals surface area contributed by atoms with Crippen molar-refractivity contribution in [2.45, 2.75) is 44.8 Å². The summed E-state index contributed by atoms with van der Waals surface area (Å²) < 4.78 is 4.90. The number of rotatable bonds is 5. The second-order valence-electron chi connectivity index (χ2n) is 8.49. The van der Waals surface area contributed by atoms with Crippen LogP contribution in [0, 0.1) is 0 Å². The molecule has 0 saturated carbocycles. The fourth-order valence-corrected chi connectivity index (χ4v) is 3.81. The molecule has 1 aromatic carbocycles. The highest BCUT2D eigenvalue weighted by Gasteiger charge is 2.43. The molecule has 1 heterocycles. The number of likely N-dealkylation sites (tertiary alicyclic amines) is 1. The number of piperidine rings is 1. The quantitative estimate of drug-likeness (QED) is 0.565. The van der Waals surface area contributed by atoms with E-state index in [9.17, 15) is 24.3 Å². The molecule has 0 unspecified atom stereocenters. The first-order valence-electron chi connectivity index (χ1n) is 10.1. The first-order valence-corrected chi connectivity index (χ1v) is 10.5. The number of nitrogens with one attached hydrogen (secondary N) is 2. The van der Waals surface area contributed by atoms with Crippen molar-refractivity contribution in [1.29, 1.82) is 0 Å². The van der Waals surface area contributed by atoms with E-state index in [-0.39, 0.29) is 25.5 Å². The van der Waals surface area contributed by atoms with Crippen molar-refractivity contribution in [3.05, 3.63) is 29.3 Å². The molecule has 10 nitrogen and oxygen atoms in total. The summed E-state index contributed by atoms with van der Waals surface area (Å²) in [5.74, 6) is -2.06. The zero-order valence-corrected chi connectivity index (χ0v) is 19.3. The maximum Gasteiger partial charge on any atom is 0.408 e. The third kappa shape index (κ3) is 6.57. The summed E-state index contributed by atoms with van der Waals surface area (Å²) in [4.78, 5) is 52.1. The number of hydrogen-bond acceptors (Lipinski definition) is 5. The fraction of sp³-hybridized carbons (Fsp3) is 0.524. The minimum absolute atomic E-state index is 0.0650. The summed E-state index contributed by atoms with van der Waals surface area (Å²) in [6.07, 6.45) is -0.909. The zero-order chi connectivity index (χ0) is 24.1. The fourth-order valence-electron chi connectivity index (χ4n) is 3.68. The summed E-state index contributed by atoms with van der Waals surface area (Å²) >= 11 is 5.82. The van der Waals surface area contributed by atoms with Crippen molar-refractivity contribution in [1.82, 2.24) is 15.1 Å². The lowest BCUT2D eigenvalue weighted by Crippen LogP contribution is -2.66. The van der Waals surface area contributed by atoms with Gasteiger partial charge in [0.1, 0.15) is 6.61 Å². The molecule has 0 spiro atoms. The second kappa shape index (κ2) is 10.6. The van der Waals surface area contributed by atoms with E-state index in [1.54, 1.807) is 45.0 Å². The van der Waals surface area contributed by atoms with E-state index in [0.29, 0.717) is 17.3 Å². The maximum atomic E-state index is 12.6. The average Bonchev–Trinajstić information content (AvgIpc) is 2.69. The summed E-state index contributed by atoms with van der Waals surface area (Å²) in [6, 6.07) is 4.84. The average molecular weight is 469 g/mol. The Balaban J connectivity index is 2.19. The zero-order valence-electron chi connectivity index (χ0n) is 18.6. The third-order valence-corrected chi connectivity index (χ3v) is 5.34. The number of amides is 4. The SMILES string of the molecule is COCC(=O)N1CC[C@H](NC(=O)C(=O)Nc2ccc(Cl)cc2)[C@H](N(C(=O)O)C(C)(C)C)C1. The summed E-state index contributed by atoms with van der Waals surface area (Å²) in [6.45, 7) is 5.40. The monoisotopic (exact) mass is 468 g/mol. The Labute approximate surface area is 191 Å². The van der Waals surface area contributed by atoms with Gasteiger partial charge < -0.3 is 25.4 Å². The van der Waals surface area contributed by atoms with Gasteiger partial charge in [-0.15, -0.1) is 0 Å². The molecule has 0 radical (unpaired) electrons. The van der Waals surface area contributed by atoms with Gasteiger partial charge in [-0.3, -0.25) is 19.3 Å². The van der Waals surface area contributed by atoms with E-state index >= 15 is 0 Å². The minimum Gasteiger partial charge on any atom is -0.465 e. The van der Waals surface area contributed by atoms with Crippen LogP contribution in [-0.2, 0) is 19.1 Å². The predicted molar refractivity (Wildman–Crippen MR) is 118 cm³/mol. The van der Waals surface area contributed by atoms with Gasteiger partial charge in [-0.05, 0) is 51.5 Å². The Morgan fingerprint density at radius 1 is 1.19 bits per heavy atom. The number of methoxy groups -OCH3 is 1. The topological polar surface area (TPSA) is 128 Å². The highest BCUT2D eigenvalue weighted by molar-refractivity contribution is 6.39. The largest absolute Gasteiger partial charge is 0.465 e. The lowest BCUT2D eigenvalue weighted by molar-refractivity contribution is -0.140. The van der Waals surface area contributed by atoms with Gasteiger partial charge in [0.2, 0.25) is 5.91 Å². The van der Waals surface area contributed by atoms with Crippen molar-refractivity contribution in [2.75, 3.05) is 32.1 Å². The van der Waals surface area contributed by atoms with Crippen LogP contribution in [0.2, 0.25) is 5.02 Å². The number of anilines is 1. The smallest absolute Gasteiger partial charge is 0.408 e. The van der Waals surface area contributed by atoms with Gasteiger partial charge in [0.25, 0.3) is 0 Å². The molecule has 32 heavy (non-hydrogen) atoms. The Kier molecular flexibility index (Phi) is 8.45. The lowest BCUT2D eigenvalue weighted by atomic mass is 9.93.